The Kier molecular flexibility index (Phi) is 6.91. The second kappa shape index (κ2) is 7.73. The molecule has 0 saturated carbocycles. The fourth-order valence-corrected chi connectivity index (χ4v) is 4.18. The molecule has 0 aromatic heterocycles. The Bertz CT molecular complexity index is 382. The summed E-state index contributed by atoms with van der Waals surface area (Å²) in [6.45, 7) is 14.4. The molecular weight excluding hydrogens is 274 g/mol. The van der Waals surface area contributed by atoms with Crippen LogP contribution in [0.5, 0.6) is 0 Å². The van der Waals surface area contributed by atoms with E-state index in [0.717, 1.165) is 39.1 Å². The molecule has 1 rings (SSSR count). The van der Waals surface area contributed by atoms with Crippen molar-refractivity contribution < 1.29 is 8.42 Å². The van der Waals surface area contributed by atoms with Gasteiger partial charge in [-0.3, -0.25) is 4.90 Å². The predicted octanol–water partition coefficient (Wildman–Crippen LogP) is 1.07. The lowest BCUT2D eigenvalue weighted by atomic mass is 10.1. The van der Waals surface area contributed by atoms with E-state index in [1.54, 1.807) is 4.31 Å². The van der Waals surface area contributed by atoms with Crippen molar-refractivity contribution in [1.82, 2.24) is 14.1 Å². The van der Waals surface area contributed by atoms with Gasteiger partial charge < -0.3 is 4.90 Å². The van der Waals surface area contributed by atoms with Crippen LogP contribution in [-0.4, -0.2) is 80.1 Å². The Morgan fingerprint density at radius 2 is 1.70 bits per heavy atom. The Hall–Kier alpha value is -0.170. The van der Waals surface area contributed by atoms with E-state index in [1.807, 2.05) is 6.92 Å². The molecule has 0 N–H and O–H groups in total. The second-order valence-electron chi connectivity index (χ2n) is 5.91. The van der Waals surface area contributed by atoms with Crippen molar-refractivity contribution in [3.8, 4) is 0 Å². The third-order valence-corrected chi connectivity index (χ3v) is 5.66. The molecule has 2 atom stereocenters. The van der Waals surface area contributed by atoms with E-state index in [0.29, 0.717) is 12.6 Å². The summed E-state index contributed by atoms with van der Waals surface area (Å²) in [4.78, 5) is 4.86. The molecule has 0 unspecified atom stereocenters. The Labute approximate surface area is 125 Å². The van der Waals surface area contributed by atoms with Crippen LogP contribution in [0.25, 0.3) is 0 Å². The van der Waals surface area contributed by atoms with Crippen LogP contribution in [0.2, 0.25) is 0 Å². The van der Waals surface area contributed by atoms with Crippen LogP contribution in [0.15, 0.2) is 0 Å². The topological polar surface area (TPSA) is 43.9 Å². The molecule has 0 aliphatic carbocycles. The van der Waals surface area contributed by atoms with Crippen LogP contribution in [-0.2, 0) is 10.0 Å². The highest BCUT2D eigenvalue weighted by molar-refractivity contribution is 7.88. The molecule has 1 fully saturated rings. The third-order valence-electron chi connectivity index (χ3n) is 4.30. The number of sulfonamides is 1. The molecule has 1 heterocycles. The smallest absolute Gasteiger partial charge is 0.211 e. The highest BCUT2D eigenvalue weighted by Gasteiger charge is 2.33. The SMILES string of the molecule is CCN(CC)CCCN1C[C@H](C)N(S(C)(=O)=O)C[C@@H]1C. The minimum Gasteiger partial charge on any atom is -0.304 e. The first-order chi connectivity index (χ1) is 9.29. The molecule has 120 valence electrons. The molecule has 5 nitrogen and oxygen atoms in total. The van der Waals surface area contributed by atoms with Gasteiger partial charge >= 0.3 is 0 Å². The molecule has 0 aromatic carbocycles. The number of hydrogen-bond donors (Lipinski definition) is 0. The van der Waals surface area contributed by atoms with Gasteiger partial charge in [0.2, 0.25) is 10.0 Å². The second-order valence-corrected chi connectivity index (χ2v) is 7.84. The first-order valence-electron chi connectivity index (χ1n) is 7.72. The van der Waals surface area contributed by atoms with Crippen molar-refractivity contribution in [3.63, 3.8) is 0 Å². The van der Waals surface area contributed by atoms with Gasteiger partial charge in [-0.05, 0) is 46.4 Å². The molecule has 20 heavy (non-hydrogen) atoms. The number of nitrogens with zero attached hydrogens (tertiary/aromatic N) is 3. The maximum atomic E-state index is 11.7. The first kappa shape index (κ1) is 17.9. The summed E-state index contributed by atoms with van der Waals surface area (Å²) in [6, 6.07) is 0.382. The quantitative estimate of drug-likeness (QED) is 0.706. The maximum Gasteiger partial charge on any atom is 0.211 e. The van der Waals surface area contributed by atoms with Gasteiger partial charge in [0.05, 0.1) is 6.26 Å². The van der Waals surface area contributed by atoms with E-state index in [-0.39, 0.29) is 6.04 Å². The van der Waals surface area contributed by atoms with Crippen molar-refractivity contribution >= 4 is 10.0 Å². The summed E-state index contributed by atoms with van der Waals surface area (Å²) < 4.78 is 25.1. The standard InChI is InChI=1S/C14H31N3O2S/c1-6-15(7-2)9-8-10-16-11-14(4)17(12-13(16)3)20(5,18)19/h13-14H,6-12H2,1-5H3/t13-,14-/m0/s1. The van der Waals surface area contributed by atoms with Crippen molar-refractivity contribution in [2.24, 2.45) is 0 Å². The van der Waals surface area contributed by atoms with Gasteiger partial charge in [0.15, 0.2) is 0 Å². The fraction of sp³-hybridized carbons (Fsp3) is 1.00. The van der Waals surface area contributed by atoms with E-state index in [4.69, 9.17) is 0 Å². The molecule has 0 aromatic rings. The summed E-state index contributed by atoms with van der Waals surface area (Å²) in [6.07, 6.45) is 2.46. The predicted molar refractivity (Wildman–Crippen MR) is 84.5 cm³/mol. The van der Waals surface area contributed by atoms with Gasteiger partial charge in [-0.2, -0.15) is 4.31 Å². The molecule has 0 bridgehead atoms. The zero-order valence-electron chi connectivity index (χ0n) is 13.7. The fourth-order valence-electron chi connectivity index (χ4n) is 2.98. The normalized spacial score (nSPS) is 26.3. The Morgan fingerprint density at radius 1 is 1.10 bits per heavy atom. The summed E-state index contributed by atoms with van der Waals surface area (Å²) in [7, 11) is -3.07. The van der Waals surface area contributed by atoms with E-state index < -0.39 is 10.0 Å². The number of piperazine rings is 1. The van der Waals surface area contributed by atoms with E-state index in [2.05, 4.69) is 30.6 Å². The highest BCUT2D eigenvalue weighted by Crippen LogP contribution is 2.18. The minimum atomic E-state index is -3.07. The van der Waals surface area contributed by atoms with Crippen LogP contribution in [0.3, 0.4) is 0 Å². The van der Waals surface area contributed by atoms with E-state index in [9.17, 15) is 8.42 Å². The van der Waals surface area contributed by atoms with E-state index >= 15 is 0 Å². The van der Waals surface area contributed by atoms with Crippen LogP contribution in [0.4, 0.5) is 0 Å². The third kappa shape index (κ3) is 4.98. The zero-order valence-corrected chi connectivity index (χ0v) is 14.5. The number of rotatable bonds is 7. The van der Waals surface area contributed by atoms with Crippen molar-refractivity contribution in [2.45, 2.75) is 46.2 Å². The highest BCUT2D eigenvalue weighted by atomic mass is 32.2. The summed E-state index contributed by atoms with van der Waals surface area (Å²) >= 11 is 0. The van der Waals surface area contributed by atoms with Crippen molar-refractivity contribution in [2.75, 3.05) is 45.5 Å². The monoisotopic (exact) mass is 305 g/mol. The van der Waals surface area contributed by atoms with Gasteiger partial charge in [0.1, 0.15) is 0 Å². The molecule has 0 radical (unpaired) electrons. The summed E-state index contributed by atoms with van der Waals surface area (Å²) in [5.74, 6) is 0. The lowest BCUT2D eigenvalue weighted by molar-refractivity contribution is 0.0889. The van der Waals surface area contributed by atoms with Gasteiger partial charge in [0.25, 0.3) is 0 Å². The van der Waals surface area contributed by atoms with Gasteiger partial charge in [-0.1, -0.05) is 13.8 Å². The van der Waals surface area contributed by atoms with Gasteiger partial charge in [-0.15, -0.1) is 0 Å². The largest absolute Gasteiger partial charge is 0.304 e. The molecular formula is C14H31N3O2S. The lowest BCUT2D eigenvalue weighted by Gasteiger charge is -2.43. The van der Waals surface area contributed by atoms with Crippen molar-refractivity contribution in [1.29, 1.82) is 0 Å². The van der Waals surface area contributed by atoms with Crippen molar-refractivity contribution in [3.05, 3.63) is 0 Å². The Balaban J connectivity index is 2.46. The molecule has 6 heteroatoms. The van der Waals surface area contributed by atoms with Gasteiger partial charge in [0, 0.05) is 25.2 Å². The van der Waals surface area contributed by atoms with Crippen LogP contribution in [0, 0.1) is 0 Å². The average Bonchev–Trinajstić information content (AvgIpc) is 2.36. The summed E-state index contributed by atoms with van der Waals surface area (Å²) in [5, 5.41) is 0. The molecule has 1 aliphatic heterocycles. The molecule has 0 spiro atoms. The molecule has 1 aliphatic rings. The van der Waals surface area contributed by atoms with Crippen LogP contribution in [0.1, 0.15) is 34.1 Å². The van der Waals surface area contributed by atoms with Crippen LogP contribution >= 0.6 is 0 Å². The zero-order chi connectivity index (χ0) is 15.3. The number of hydrogen-bond acceptors (Lipinski definition) is 4. The molecule has 0 amide bonds. The Morgan fingerprint density at radius 3 is 2.20 bits per heavy atom. The first-order valence-corrected chi connectivity index (χ1v) is 9.57. The lowest BCUT2D eigenvalue weighted by Crippen LogP contribution is -2.57. The molecule has 1 saturated heterocycles. The minimum absolute atomic E-state index is 0.0784. The van der Waals surface area contributed by atoms with E-state index in [1.165, 1.54) is 6.26 Å². The van der Waals surface area contributed by atoms with Crippen LogP contribution < -0.4 is 0 Å². The summed E-state index contributed by atoms with van der Waals surface area (Å²) in [5.41, 5.74) is 0. The van der Waals surface area contributed by atoms with Gasteiger partial charge in [-0.25, -0.2) is 8.42 Å². The maximum absolute atomic E-state index is 11.7. The average molecular weight is 305 g/mol.